The van der Waals surface area contributed by atoms with Crippen LogP contribution in [-0.2, 0) is 13.1 Å². The van der Waals surface area contributed by atoms with E-state index in [4.69, 9.17) is 5.73 Å². The molecule has 0 spiro atoms. The van der Waals surface area contributed by atoms with Gasteiger partial charge in [-0.1, -0.05) is 24.3 Å². The van der Waals surface area contributed by atoms with Crippen molar-refractivity contribution in [2.75, 3.05) is 7.05 Å². The van der Waals surface area contributed by atoms with Crippen molar-refractivity contribution >= 4 is 5.91 Å². The Balaban J connectivity index is 2.14. The number of aromatic nitrogens is 1. The van der Waals surface area contributed by atoms with Crippen molar-refractivity contribution in [1.82, 2.24) is 9.88 Å². The first-order valence-electron chi connectivity index (χ1n) is 6.57. The first-order valence-corrected chi connectivity index (χ1v) is 6.57. The lowest BCUT2D eigenvalue weighted by atomic mass is 10.1. The number of nitrogens with zero attached hydrogens (tertiary/aromatic N) is 2. The van der Waals surface area contributed by atoms with Crippen LogP contribution in [0, 0.1) is 6.92 Å². The summed E-state index contributed by atoms with van der Waals surface area (Å²) in [5.41, 5.74) is 9.24. The van der Waals surface area contributed by atoms with Crippen molar-refractivity contribution in [3.63, 3.8) is 0 Å². The van der Waals surface area contributed by atoms with Crippen molar-refractivity contribution in [3.8, 4) is 0 Å². The van der Waals surface area contributed by atoms with Crippen LogP contribution in [0.3, 0.4) is 0 Å². The van der Waals surface area contributed by atoms with Crippen LogP contribution in [0.5, 0.6) is 0 Å². The third kappa shape index (κ3) is 3.22. The van der Waals surface area contributed by atoms with Gasteiger partial charge in [-0.05, 0) is 35.7 Å². The number of hydrogen-bond donors (Lipinski definition) is 1. The van der Waals surface area contributed by atoms with E-state index in [-0.39, 0.29) is 5.91 Å². The van der Waals surface area contributed by atoms with Gasteiger partial charge in [0, 0.05) is 26.3 Å². The monoisotopic (exact) mass is 269 g/mol. The Labute approximate surface area is 119 Å². The molecule has 2 N–H and O–H groups in total. The van der Waals surface area contributed by atoms with Crippen molar-refractivity contribution in [1.29, 1.82) is 0 Å². The Kier molecular flexibility index (Phi) is 4.48. The molecule has 1 amide bonds. The normalized spacial score (nSPS) is 10.3. The molecular formula is C16H19N3O. The molecule has 104 valence electrons. The Morgan fingerprint density at radius 2 is 2.05 bits per heavy atom. The largest absolute Gasteiger partial charge is 0.336 e. The quantitative estimate of drug-likeness (QED) is 0.925. The van der Waals surface area contributed by atoms with E-state index in [0.29, 0.717) is 18.8 Å². The Morgan fingerprint density at radius 3 is 2.75 bits per heavy atom. The summed E-state index contributed by atoms with van der Waals surface area (Å²) in [5, 5.41) is 0. The van der Waals surface area contributed by atoms with Gasteiger partial charge < -0.3 is 10.6 Å². The van der Waals surface area contributed by atoms with Gasteiger partial charge in [0.05, 0.1) is 0 Å². The maximum absolute atomic E-state index is 12.4. The fourth-order valence-electron chi connectivity index (χ4n) is 2.03. The second-order valence-electron chi connectivity index (χ2n) is 4.84. The van der Waals surface area contributed by atoms with Crippen molar-refractivity contribution in [2.24, 2.45) is 5.73 Å². The standard InChI is InChI=1S/C16H19N3O/c1-12-5-3-4-6-14(12)11-19(2)16(20)15-9-13(10-17)7-8-18-15/h3-9H,10-11,17H2,1-2H3. The first-order chi connectivity index (χ1) is 9.61. The average Bonchev–Trinajstić information content (AvgIpc) is 2.48. The molecule has 2 rings (SSSR count). The summed E-state index contributed by atoms with van der Waals surface area (Å²) in [7, 11) is 1.78. The number of amides is 1. The molecule has 0 radical (unpaired) electrons. The van der Waals surface area contributed by atoms with Gasteiger partial charge in [0.25, 0.3) is 5.91 Å². The predicted octanol–water partition coefficient (Wildman–Crippen LogP) is 2.12. The molecule has 4 heteroatoms. The van der Waals surface area contributed by atoms with E-state index in [1.807, 2.05) is 37.3 Å². The summed E-state index contributed by atoms with van der Waals surface area (Å²) < 4.78 is 0. The van der Waals surface area contributed by atoms with Gasteiger partial charge in [0.1, 0.15) is 5.69 Å². The summed E-state index contributed by atoms with van der Waals surface area (Å²) >= 11 is 0. The number of aryl methyl sites for hydroxylation is 1. The summed E-state index contributed by atoms with van der Waals surface area (Å²) in [6.45, 7) is 3.02. The molecule has 1 aromatic carbocycles. The van der Waals surface area contributed by atoms with Gasteiger partial charge >= 0.3 is 0 Å². The van der Waals surface area contributed by atoms with E-state index in [0.717, 1.165) is 11.1 Å². The van der Waals surface area contributed by atoms with Crippen LogP contribution in [0.1, 0.15) is 27.2 Å². The lowest BCUT2D eigenvalue weighted by Gasteiger charge is -2.18. The first kappa shape index (κ1) is 14.2. The second kappa shape index (κ2) is 6.30. The van der Waals surface area contributed by atoms with Gasteiger partial charge in [-0.25, -0.2) is 0 Å². The number of hydrogen-bond acceptors (Lipinski definition) is 3. The Hall–Kier alpha value is -2.20. The highest BCUT2D eigenvalue weighted by Crippen LogP contribution is 2.11. The Bertz CT molecular complexity index is 610. The predicted molar refractivity (Wildman–Crippen MR) is 79.1 cm³/mol. The van der Waals surface area contributed by atoms with Gasteiger partial charge in [0.2, 0.25) is 0 Å². The topological polar surface area (TPSA) is 59.2 Å². The van der Waals surface area contributed by atoms with Crippen LogP contribution in [0.25, 0.3) is 0 Å². The highest BCUT2D eigenvalue weighted by atomic mass is 16.2. The molecule has 0 aliphatic heterocycles. The maximum atomic E-state index is 12.4. The van der Waals surface area contributed by atoms with E-state index in [9.17, 15) is 4.79 Å². The molecule has 20 heavy (non-hydrogen) atoms. The molecule has 0 aliphatic carbocycles. The molecule has 0 saturated carbocycles. The van der Waals surface area contributed by atoms with E-state index in [2.05, 4.69) is 4.98 Å². The zero-order valence-electron chi connectivity index (χ0n) is 11.8. The molecule has 0 aliphatic rings. The van der Waals surface area contributed by atoms with Crippen molar-refractivity contribution < 1.29 is 4.79 Å². The lowest BCUT2D eigenvalue weighted by Crippen LogP contribution is -2.27. The van der Waals surface area contributed by atoms with E-state index >= 15 is 0 Å². The summed E-state index contributed by atoms with van der Waals surface area (Å²) in [4.78, 5) is 18.1. The van der Waals surface area contributed by atoms with Crippen molar-refractivity contribution in [3.05, 3.63) is 65.0 Å². The van der Waals surface area contributed by atoms with Crippen LogP contribution in [0.4, 0.5) is 0 Å². The van der Waals surface area contributed by atoms with E-state index in [1.165, 1.54) is 5.56 Å². The van der Waals surface area contributed by atoms with Gasteiger partial charge in [-0.15, -0.1) is 0 Å². The SMILES string of the molecule is Cc1ccccc1CN(C)C(=O)c1cc(CN)ccn1. The number of nitrogens with two attached hydrogens (primary N) is 1. The average molecular weight is 269 g/mol. The molecule has 0 fully saturated rings. The zero-order chi connectivity index (χ0) is 14.5. The molecule has 0 saturated heterocycles. The minimum Gasteiger partial charge on any atom is -0.336 e. The molecule has 0 bridgehead atoms. The van der Waals surface area contributed by atoms with Crippen LogP contribution in [-0.4, -0.2) is 22.8 Å². The molecule has 0 atom stereocenters. The van der Waals surface area contributed by atoms with Crippen LogP contribution >= 0.6 is 0 Å². The molecule has 2 aromatic rings. The van der Waals surface area contributed by atoms with Gasteiger partial charge in [-0.3, -0.25) is 9.78 Å². The number of carbonyl (C=O) groups is 1. The fraction of sp³-hybridized carbons (Fsp3) is 0.250. The summed E-state index contributed by atoms with van der Waals surface area (Å²) in [5.74, 6) is -0.0939. The smallest absolute Gasteiger partial charge is 0.272 e. The number of benzene rings is 1. The molecule has 0 unspecified atom stereocenters. The van der Waals surface area contributed by atoms with Crippen LogP contribution in [0.2, 0.25) is 0 Å². The second-order valence-corrected chi connectivity index (χ2v) is 4.84. The number of rotatable bonds is 4. The molecule has 1 heterocycles. The third-order valence-electron chi connectivity index (χ3n) is 3.29. The van der Waals surface area contributed by atoms with Crippen molar-refractivity contribution in [2.45, 2.75) is 20.0 Å². The third-order valence-corrected chi connectivity index (χ3v) is 3.29. The highest BCUT2D eigenvalue weighted by Gasteiger charge is 2.14. The highest BCUT2D eigenvalue weighted by molar-refractivity contribution is 5.92. The van der Waals surface area contributed by atoms with Gasteiger partial charge in [0.15, 0.2) is 0 Å². The number of pyridine rings is 1. The molecule has 1 aromatic heterocycles. The minimum absolute atomic E-state index is 0.0939. The van der Waals surface area contributed by atoms with Crippen LogP contribution < -0.4 is 5.73 Å². The molecular weight excluding hydrogens is 250 g/mol. The van der Waals surface area contributed by atoms with E-state index < -0.39 is 0 Å². The minimum atomic E-state index is -0.0939. The lowest BCUT2D eigenvalue weighted by molar-refractivity contribution is 0.0779. The summed E-state index contributed by atoms with van der Waals surface area (Å²) in [6.07, 6.45) is 1.62. The van der Waals surface area contributed by atoms with E-state index in [1.54, 1.807) is 24.2 Å². The van der Waals surface area contributed by atoms with Gasteiger partial charge in [-0.2, -0.15) is 0 Å². The summed E-state index contributed by atoms with van der Waals surface area (Å²) in [6, 6.07) is 11.6. The number of carbonyl (C=O) groups excluding carboxylic acids is 1. The van der Waals surface area contributed by atoms with Crippen LogP contribution in [0.15, 0.2) is 42.6 Å². The maximum Gasteiger partial charge on any atom is 0.272 e. The zero-order valence-corrected chi connectivity index (χ0v) is 11.8. The Morgan fingerprint density at radius 1 is 1.30 bits per heavy atom. The fourth-order valence-corrected chi connectivity index (χ4v) is 2.03. The molecule has 4 nitrogen and oxygen atoms in total.